The highest BCUT2D eigenvalue weighted by Crippen LogP contribution is 2.34. The van der Waals surface area contributed by atoms with Crippen LogP contribution in [0.25, 0.3) is 27.7 Å². The molecule has 2 atom stereocenters. The van der Waals surface area contributed by atoms with Gasteiger partial charge in [-0.2, -0.15) is 5.10 Å². The lowest BCUT2D eigenvalue weighted by Gasteiger charge is -2.27. The van der Waals surface area contributed by atoms with Crippen molar-refractivity contribution in [2.24, 2.45) is 11.0 Å². The van der Waals surface area contributed by atoms with Gasteiger partial charge in [-0.3, -0.25) is 14.4 Å². The van der Waals surface area contributed by atoms with Crippen LogP contribution < -0.4 is 5.56 Å². The smallest absolute Gasteiger partial charge is 0.281 e. The zero-order chi connectivity index (χ0) is 23.4. The third-order valence-electron chi connectivity index (χ3n) is 6.75. The first-order valence-electron chi connectivity index (χ1n) is 11.6. The predicted molar refractivity (Wildman–Crippen MR) is 131 cm³/mol. The van der Waals surface area contributed by atoms with Crippen LogP contribution in [0, 0.1) is 18.7 Å². The van der Waals surface area contributed by atoms with E-state index in [0.717, 1.165) is 17.9 Å². The van der Waals surface area contributed by atoms with Crippen LogP contribution in [-0.4, -0.2) is 46.1 Å². The van der Waals surface area contributed by atoms with Crippen molar-refractivity contribution in [3.63, 3.8) is 0 Å². The molecule has 0 bridgehead atoms. The number of pyridine rings is 2. The highest BCUT2D eigenvalue weighted by Gasteiger charge is 2.35. The molecular formula is C26H24ClFN4O2. The van der Waals surface area contributed by atoms with Crippen molar-refractivity contribution in [1.29, 1.82) is 0 Å². The lowest BCUT2D eigenvalue weighted by Crippen LogP contribution is -2.33. The monoisotopic (exact) mass is 478 g/mol. The maximum absolute atomic E-state index is 14.9. The zero-order valence-electron chi connectivity index (χ0n) is 18.7. The number of hydrogen-bond acceptors (Lipinski definition) is 5. The largest absolute Gasteiger partial charge is 0.373 e. The molecule has 174 valence electrons. The fraction of sp³-hybridized carbons (Fsp3) is 0.346. The number of hydrogen-bond donors (Lipinski definition) is 0. The molecule has 3 aromatic rings. The van der Waals surface area contributed by atoms with Crippen molar-refractivity contribution in [2.75, 3.05) is 13.2 Å². The molecule has 1 fully saturated rings. The Kier molecular flexibility index (Phi) is 5.26. The number of benzene rings is 1. The van der Waals surface area contributed by atoms with E-state index in [1.807, 2.05) is 31.3 Å². The van der Waals surface area contributed by atoms with Crippen molar-refractivity contribution >= 4 is 34.4 Å². The van der Waals surface area contributed by atoms with Crippen LogP contribution in [0.15, 0.2) is 52.5 Å². The predicted octanol–water partition coefficient (Wildman–Crippen LogP) is 4.87. The molecule has 1 aromatic carbocycles. The number of fused-ring (bicyclic) bond motifs is 1. The lowest BCUT2D eigenvalue weighted by molar-refractivity contribution is 0.0546. The van der Waals surface area contributed by atoms with E-state index in [4.69, 9.17) is 16.3 Å². The van der Waals surface area contributed by atoms with Crippen molar-refractivity contribution in [3.8, 4) is 11.1 Å². The minimum absolute atomic E-state index is 0.139. The molecule has 2 aromatic heterocycles. The van der Waals surface area contributed by atoms with Crippen LogP contribution in [-0.2, 0) is 4.74 Å². The summed E-state index contributed by atoms with van der Waals surface area (Å²) in [7, 11) is 0. The quantitative estimate of drug-likeness (QED) is 0.536. The Labute approximate surface area is 201 Å². The Morgan fingerprint density at radius 2 is 2.03 bits per heavy atom. The normalized spacial score (nSPS) is 22.4. The molecule has 0 amide bonds. The topological polar surface area (TPSA) is 59.7 Å². The number of aromatic nitrogens is 2. The first-order chi connectivity index (χ1) is 16.5. The number of nitrogens with zero attached hydrogens (tertiary/aromatic N) is 4. The first kappa shape index (κ1) is 21.5. The molecule has 0 saturated heterocycles. The summed E-state index contributed by atoms with van der Waals surface area (Å²) in [5, 5.41) is 7.64. The number of ether oxygens (including phenoxy) is 1. The van der Waals surface area contributed by atoms with Gasteiger partial charge in [0.2, 0.25) is 0 Å². The summed E-state index contributed by atoms with van der Waals surface area (Å²) in [5.74, 6) is -0.304. The van der Waals surface area contributed by atoms with Gasteiger partial charge >= 0.3 is 0 Å². The highest BCUT2D eigenvalue weighted by molar-refractivity contribution is 6.30. The standard InChI is InChI=1S/C26H24ClFN4O2/c1-15-2-6-21-22(20-7-3-17(27)10-23(20)28)14-31(26(33)25(21)30-15)19-8-9-34-24(11-19)16-12-29-32(13-16)18-4-5-18/h2-3,6-7,10-12,14,16,18,24H,4-5,8-9,13H2,1H3/t16?,24-/m1/s1. The number of rotatable bonds is 4. The van der Waals surface area contributed by atoms with E-state index >= 15 is 0 Å². The summed E-state index contributed by atoms with van der Waals surface area (Å²) in [5.41, 5.74) is 2.64. The molecule has 2 aliphatic heterocycles. The van der Waals surface area contributed by atoms with Gasteiger partial charge in [-0.1, -0.05) is 17.7 Å². The SMILES string of the molecule is Cc1ccc2c(-c3ccc(Cl)cc3F)cn(C3=C[C@H](C4C=NN(C5CC5)C4)OCC3)c(=O)c2n1. The van der Waals surface area contributed by atoms with Crippen molar-refractivity contribution in [2.45, 2.75) is 38.3 Å². The lowest BCUT2D eigenvalue weighted by atomic mass is 9.99. The molecule has 4 heterocycles. The van der Waals surface area contributed by atoms with Crippen LogP contribution in [0.1, 0.15) is 25.0 Å². The van der Waals surface area contributed by atoms with Crippen LogP contribution in [0.2, 0.25) is 5.02 Å². The van der Waals surface area contributed by atoms with Gasteiger partial charge in [0.05, 0.1) is 12.7 Å². The van der Waals surface area contributed by atoms with Gasteiger partial charge in [-0.05, 0) is 50.1 Å². The Bertz CT molecular complexity index is 1410. The van der Waals surface area contributed by atoms with Crippen molar-refractivity contribution < 1.29 is 9.13 Å². The van der Waals surface area contributed by atoms with Crippen molar-refractivity contribution in [1.82, 2.24) is 14.6 Å². The van der Waals surface area contributed by atoms with E-state index in [1.165, 1.54) is 18.9 Å². The van der Waals surface area contributed by atoms with E-state index in [2.05, 4.69) is 15.1 Å². The Balaban J connectivity index is 1.46. The van der Waals surface area contributed by atoms with Crippen LogP contribution in [0.5, 0.6) is 0 Å². The summed E-state index contributed by atoms with van der Waals surface area (Å²) in [4.78, 5) is 18.1. The van der Waals surface area contributed by atoms with Gasteiger partial charge in [0, 0.05) is 70.3 Å². The molecule has 6 nitrogen and oxygen atoms in total. The average molecular weight is 479 g/mol. The fourth-order valence-electron chi connectivity index (χ4n) is 4.80. The third kappa shape index (κ3) is 3.83. The van der Waals surface area contributed by atoms with Gasteiger partial charge in [-0.25, -0.2) is 9.37 Å². The third-order valence-corrected chi connectivity index (χ3v) is 6.99. The Hall–Kier alpha value is -3.03. The fourth-order valence-corrected chi connectivity index (χ4v) is 4.96. The van der Waals surface area contributed by atoms with Crippen molar-refractivity contribution in [3.05, 3.63) is 69.5 Å². The second-order valence-corrected chi connectivity index (χ2v) is 9.65. The molecule has 1 saturated carbocycles. The zero-order valence-corrected chi connectivity index (χ0v) is 19.5. The first-order valence-corrected chi connectivity index (χ1v) is 12.0. The summed E-state index contributed by atoms with van der Waals surface area (Å²) in [6, 6.07) is 8.80. The van der Waals surface area contributed by atoms with E-state index < -0.39 is 5.82 Å². The van der Waals surface area contributed by atoms with Gasteiger partial charge < -0.3 is 4.74 Å². The van der Waals surface area contributed by atoms with Crippen LogP contribution in [0.3, 0.4) is 0 Å². The summed E-state index contributed by atoms with van der Waals surface area (Å²) >= 11 is 5.99. The second-order valence-electron chi connectivity index (χ2n) is 9.22. The molecule has 0 spiro atoms. The number of hydrazone groups is 1. The number of halogens is 2. The van der Waals surface area contributed by atoms with Gasteiger partial charge in [0.1, 0.15) is 11.3 Å². The number of aryl methyl sites for hydroxylation is 1. The van der Waals surface area contributed by atoms with Crippen LogP contribution in [0.4, 0.5) is 4.39 Å². The molecule has 1 aliphatic carbocycles. The molecule has 34 heavy (non-hydrogen) atoms. The van der Waals surface area contributed by atoms with Gasteiger partial charge in [-0.15, -0.1) is 0 Å². The van der Waals surface area contributed by atoms with E-state index in [1.54, 1.807) is 22.9 Å². The highest BCUT2D eigenvalue weighted by atomic mass is 35.5. The minimum atomic E-state index is -0.444. The molecule has 0 N–H and O–H groups in total. The second kappa shape index (κ2) is 8.32. The molecule has 8 heteroatoms. The molecular weight excluding hydrogens is 455 g/mol. The van der Waals surface area contributed by atoms with E-state index in [9.17, 15) is 9.18 Å². The van der Waals surface area contributed by atoms with E-state index in [-0.39, 0.29) is 17.6 Å². The van der Waals surface area contributed by atoms with Gasteiger partial charge in [0.15, 0.2) is 0 Å². The van der Waals surface area contributed by atoms with Crippen LogP contribution >= 0.6 is 11.6 Å². The Morgan fingerprint density at radius 3 is 2.82 bits per heavy atom. The Morgan fingerprint density at radius 1 is 1.18 bits per heavy atom. The molecule has 1 unspecified atom stereocenters. The van der Waals surface area contributed by atoms with E-state index in [0.29, 0.717) is 46.1 Å². The average Bonchev–Trinajstić information content (AvgIpc) is 3.56. The maximum atomic E-state index is 14.9. The summed E-state index contributed by atoms with van der Waals surface area (Å²) in [6.45, 7) is 3.17. The molecule has 6 rings (SSSR count). The minimum Gasteiger partial charge on any atom is -0.373 e. The molecule has 0 radical (unpaired) electrons. The van der Waals surface area contributed by atoms with Gasteiger partial charge in [0.25, 0.3) is 5.56 Å². The maximum Gasteiger partial charge on any atom is 0.281 e. The summed E-state index contributed by atoms with van der Waals surface area (Å²) in [6.07, 6.45) is 8.50. The summed E-state index contributed by atoms with van der Waals surface area (Å²) < 4.78 is 22.6. The molecule has 3 aliphatic rings.